The van der Waals surface area contributed by atoms with Gasteiger partial charge in [-0.2, -0.15) is 0 Å². The molecule has 4 rings (SSSR count). The van der Waals surface area contributed by atoms with Crippen molar-refractivity contribution in [3.63, 3.8) is 0 Å². The van der Waals surface area contributed by atoms with Gasteiger partial charge in [0, 0.05) is 13.0 Å². The van der Waals surface area contributed by atoms with Gasteiger partial charge in [0.15, 0.2) is 12.4 Å². The Morgan fingerprint density at radius 3 is 2.86 bits per heavy atom. The normalized spacial score (nSPS) is 16.2. The fourth-order valence-corrected chi connectivity index (χ4v) is 5.17. The highest BCUT2D eigenvalue weighted by molar-refractivity contribution is 7.18. The summed E-state index contributed by atoms with van der Waals surface area (Å²) < 4.78 is 8.67. The minimum absolute atomic E-state index is 0.122. The van der Waals surface area contributed by atoms with Gasteiger partial charge in [-0.25, -0.2) is 9.67 Å². The summed E-state index contributed by atoms with van der Waals surface area (Å²) in [5, 5.41) is 12.8. The van der Waals surface area contributed by atoms with Crippen LogP contribution in [-0.2, 0) is 29.1 Å². The van der Waals surface area contributed by atoms with Crippen LogP contribution in [0, 0.1) is 5.41 Å². The molecule has 3 aromatic rings. The molecule has 0 spiro atoms. The lowest BCUT2D eigenvalue weighted by atomic mass is 9.72. The van der Waals surface area contributed by atoms with E-state index in [2.05, 4.69) is 28.5 Å². The van der Waals surface area contributed by atoms with Crippen LogP contribution in [-0.4, -0.2) is 31.2 Å². The van der Waals surface area contributed by atoms with Crippen LogP contribution in [0.2, 0.25) is 0 Å². The molecular weight excluding hydrogens is 386 g/mol. The number of fused-ring (bicyclic) bond motifs is 1. The Hall–Kier alpha value is -2.35. The molecule has 0 N–H and O–H groups in total. The van der Waals surface area contributed by atoms with Gasteiger partial charge in [0.05, 0.1) is 20.6 Å². The maximum atomic E-state index is 13.2. The minimum Gasteiger partial charge on any atom is -0.457 e. The molecule has 0 radical (unpaired) electrons. The lowest BCUT2D eigenvalue weighted by Crippen LogP contribution is -2.37. The SMILES string of the molecule is CCCCn1nnnc1COC(=O)C1(Cc2nc3ccccc3s2)CCCCC1. The van der Waals surface area contributed by atoms with Crippen LogP contribution in [0.4, 0.5) is 0 Å². The Balaban J connectivity index is 1.48. The molecule has 0 bridgehead atoms. The Morgan fingerprint density at radius 2 is 2.07 bits per heavy atom. The largest absolute Gasteiger partial charge is 0.457 e. The number of aryl methyl sites for hydroxylation is 1. The van der Waals surface area contributed by atoms with Crippen LogP contribution in [0.25, 0.3) is 10.2 Å². The van der Waals surface area contributed by atoms with Crippen LogP contribution in [0.3, 0.4) is 0 Å². The summed E-state index contributed by atoms with van der Waals surface area (Å²) in [6.07, 6.45) is 7.67. The van der Waals surface area contributed by atoms with E-state index in [1.807, 2.05) is 18.2 Å². The summed E-state index contributed by atoms with van der Waals surface area (Å²) in [6.45, 7) is 2.99. The summed E-state index contributed by atoms with van der Waals surface area (Å²) in [5.41, 5.74) is 0.510. The Kier molecular flexibility index (Phi) is 6.18. The first-order chi connectivity index (χ1) is 14.2. The molecule has 2 heterocycles. The predicted octanol–water partition coefficient (Wildman–Crippen LogP) is 4.32. The molecule has 0 amide bonds. The fourth-order valence-electron chi connectivity index (χ4n) is 4.06. The zero-order chi connectivity index (χ0) is 20.1. The Labute approximate surface area is 174 Å². The van der Waals surface area contributed by atoms with E-state index >= 15 is 0 Å². The first kappa shape index (κ1) is 19.9. The van der Waals surface area contributed by atoms with Gasteiger partial charge in [0.25, 0.3) is 0 Å². The number of hydrogen-bond donors (Lipinski definition) is 0. The van der Waals surface area contributed by atoms with E-state index in [0.717, 1.165) is 60.3 Å². The van der Waals surface area contributed by atoms with Crippen LogP contribution in [0.1, 0.15) is 62.7 Å². The highest BCUT2D eigenvalue weighted by atomic mass is 32.1. The summed E-state index contributed by atoms with van der Waals surface area (Å²) in [4.78, 5) is 18.0. The summed E-state index contributed by atoms with van der Waals surface area (Å²) in [6, 6.07) is 8.13. The van der Waals surface area contributed by atoms with Crippen molar-refractivity contribution in [3.05, 3.63) is 35.1 Å². The number of carbonyl (C=O) groups is 1. The van der Waals surface area contributed by atoms with Gasteiger partial charge >= 0.3 is 5.97 Å². The van der Waals surface area contributed by atoms with Gasteiger partial charge in [0.2, 0.25) is 0 Å². The average molecular weight is 414 g/mol. The van der Waals surface area contributed by atoms with Gasteiger partial charge in [-0.05, 0) is 41.8 Å². The molecule has 154 valence electrons. The molecule has 29 heavy (non-hydrogen) atoms. The molecule has 1 saturated carbocycles. The van der Waals surface area contributed by atoms with E-state index in [-0.39, 0.29) is 12.6 Å². The number of thiazole rings is 1. The van der Waals surface area contributed by atoms with Crippen molar-refractivity contribution in [2.45, 2.75) is 71.4 Å². The van der Waals surface area contributed by atoms with Crippen molar-refractivity contribution in [1.29, 1.82) is 0 Å². The molecule has 1 aromatic carbocycles. The summed E-state index contributed by atoms with van der Waals surface area (Å²) >= 11 is 1.68. The lowest BCUT2D eigenvalue weighted by molar-refractivity contribution is -0.160. The van der Waals surface area contributed by atoms with Crippen molar-refractivity contribution in [2.24, 2.45) is 5.41 Å². The highest BCUT2D eigenvalue weighted by Crippen LogP contribution is 2.41. The number of aromatic nitrogens is 5. The minimum atomic E-state index is -0.492. The predicted molar refractivity (Wildman–Crippen MR) is 111 cm³/mol. The van der Waals surface area contributed by atoms with Crippen molar-refractivity contribution in [3.8, 4) is 0 Å². The quantitative estimate of drug-likeness (QED) is 0.512. The number of carbonyl (C=O) groups excluding carboxylic acids is 1. The van der Waals surface area contributed by atoms with Gasteiger partial charge in [-0.15, -0.1) is 16.4 Å². The standard InChI is InChI=1S/C21H27N5O2S/c1-2-3-13-26-18(23-24-25-26)15-28-20(27)21(11-7-4-8-12-21)14-19-22-16-9-5-6-10-17(16)29-19/h5-6,9-10H,2-4,7-8,11-15H2,1H3. The molecule has 7 nitrogen and oxygen atoms in total. The van der Waals surface area contributed by atoms with Crippen LogP contribution < -0.4 is 0 Å². The second kappa shape index (κ2) is 8.98. The second-order valence-corrected chi connectivity index (χ2v) is 8.96. The highest BCUT2D eigenvalue weighted by Gasteiger charge is 2.42. The molecule has 1 fully saturated rings. The second-order valence-electron chi connectivity index (χ2n) is 7.84. The number of rotatable bonds is 8. The van der Waals surface area contributed by atoms with Gasteiger partial charge < -0.3 is 4.74 Å². The van der Waals surface area contributed by atoms with Crippen molar-refractivity contribution in [1.82, 2.24) is 25.2 Å². The Morgan fingerprint density at radius 1 is 1.24 bits per heavy atom. The number of unbranched alkanes of at least 4 members (excludes halogenated alkanes) is 1. The van der Waals surface area contributed by atoms with Crippen LogP contribution in [0.5, 0.6) is 0 Å². The monoisotopic (exact) mass is 413 g/mol. The zero-order valence-corrected chi connectivity index (χ0v) is 17.7. The molecule has 0 atom stereocenters. The molecule has 2 aromatic heterocycles. The number of para-hydroxylation sites is 1. The van der Waals surface area contributed by atoms with E-state index in [0.29, 0.717) is 12.2 Å². The molecule has 8 heteroatoms. The first-order valence-electron chi connectivity index (χ1n) is 10.5. The number of tetrazole rings is 1. The molecule has 0 saturated heterocycles. The molecule has 0 aliphatic heterocycles. The smallest absolute Gasteiger partial charge is 0.312 e. The number of nitrogens with zero attached hydrogens (tertiary/aromatic N) is 5. The van der Waals surface area contributed by atoms with Crippen molar-refractivity contribution in [2.75, 3.05) is 0 Å². The third-order valence-electron chi connectivity index (χ3n) is 5.73. The molecule has 0 unspecified atom stereocenters. The van der Waals surface area contributed by atoms with E-state index in [9.17, 15) is 4.79 Å². The third-order valence-corrected chi connectivity index (χ3v) is 6.77. The average Bonchev–Trinajstić information content (AvgIpc) is 3.36. The van der Waals surface area contributed by atoms with Crippen LogP contribution >= 0.6 is 11.3 Å². The van der Waals surface area contributed by atoms with Crippen molar-refractivity contribution >= 4 is 27.5 Å². The molecular formula is C21H27N5O2S. The first-order valence-corrected chi connectivity index (χ1v) is 11.3. The van der Waals surface area contributed by atoms with E-state index in [1.54, 1.807) is 16.0 Å². The maximum absolute atomic E-state index is 13.2. The number of hydrogen-bond acceptors (Lipinski definition) is 7. The van der Waals surface area contributed by atoms with E-state index < -0.39 is 5.41 Å². The van der Waals surface area contributed by atoms with Gasteiger partial charge in [-0.3, -0.25) is 4.79 Å². The van der Waals surface area contributed by atoms with Crippen molar-refractivity contribution < 1.29 is 9.53 Å². The van der Waals surface area contributed by atoms with E-state index in [1.165, 1.54) is 6.42 Å². The third kappa shape index (κ3) is 4.47. The van der Waals surface area contributed by atoms with Gasteiger partial charge in [-0.1, -0.05) is 44.7 Å². The number of benzene rings is 1. The topological polar surface area (TPSA) is 82.8 Å². The summed E-state index contributed by atoms with van der Waals surface area (Å²) in [5.74, 6) is 0.472. The zero-order valence-electron chi connectivity index (χ0n) is 16.8. The number of ether oxygens (including phenoxy) is 1. The molecule has 1 aliphatic carbocycles. The fraction of sp³-hybridized carbons (Fsp3) is 0.571. The maximum Gasteiger partial charge on any atom is 0.312 e. The van der Waals surface area contributed by atoms with Crippen LogP contribution in [0.15, 0.2) is 24.3 Å². The lowest BCUT2D eigenvalue weighted by Gasteiger charge is -2.34. The summed E-state index contributed by atoms with van der Waals surface area (Å²) in [7, 11) is 0. The number of esters is 1. The Bertz CT molecular complexity index is 928. The van der Waals surface area contributed by atoms with Gasteiger partial charge in [0.1, 0.15) is 0 Å². The van der Waals surface area contributed by atoms with E-state index in [4.69, 9.17) is 9.72 Å². The molecule has 1 aliphatic rings.